The topological polar surface area (TPSA) is 76.7 Å². The van der Waals surface area contributed by atoms with Crippen LogP contribution in [0.5, 0.6) is 5.75 Å². The van der Waals surface area contributed by atoms with E-state index in [-0.39, 0.29) is 18.3 Å². The Bertz CT molecular complexity index is 785. The van der Waals surface area contributed by atoms with Crippen molar-refractivity contribution in [3.8, 4) is 16.9 Å². The number of amides is 1. The first kappa shape index (κ1) is 15.1. The van der Waals surface area contributed by atoms with Gasteiger partial charge in [-0.05, 0) is 41.8 Å². The van der Waals surface area contributed by atoms with Crippen molar-refractivity contribution in [1.82, 2.24) is 5.32 Å². The maximum absolute atomic E-state index is 11.8. The summed E-state index contributed by atoms with van der Waals surface area (Å²) in [4.78, 5) is 16.3. The summed E-state index contributed by atoms with van der Waals surface area (Å²) in [6.07, 6.45) is 0.273. The predicted octanol–water partition coefficient (Wildman–Crippen LogP) is 2.41. The molecule has 0 aliphatic carbocycles. The van der Waals surface area contributed by atoms with Crippen LogP contribution in [0, 0.1) is 0 Å². The van der Waals surface area contributed by atoms with Crippen molar-refractivity contribution in [3.05, 3.63) is 54.1 Å². The Morgan fingerprint density at radius 2 is 1.87 bits per heavy atom. The molecule has 0 fully saturated rings. The zero-order valence-corrected chi connectivity index (χ0v) is 13.2. The minimum Gasteiger partial charge on any atom is -0.497 e. The van der Waals surface area contributed by atoms with Crippen LogP contribution in [0.3, 0.4) is 0 Å². The number of rotatable bonds is 3. The summed E-state index contributed by atoms with van der Waals surface area (Å²) < 4.78 is 5.28. The number of carbonyl (C=O) groups excluding carboxylic acids is 1. The molecule has 5 heteroatoms. The Morgan fingerprint density at radius 1 is 1.17 bits per heavy atom. The van der Waals surface area contributed by atoms with Gasteiger partial charge in [-0.3, -0.25) is 10.1 Å². The molecule has 2 aromatic rings. The second kappa shape index (κ2) is 5.76. The highest BCUT2D eigenvalue weighted by Crippen LogP contribution is 2.34. The summed E-state index contributed by atoms with van der Waals surface area (Å²) in [6.45, 7) is 1.92. The minimum atomic E-state index is -0.651. The van der Waals surface area contributed by atoms with Gasteiger partial charge in [0.25, 0.3) is 0 Å². The zero-order chi connectivity index (χ0) is 16.4. The van der Waals surface area contributed by atoms with E-state index in [0.29, 0.717) is 0 Å². The van der Waals surface area contributed by atoms with E-state index >= 15 is 0 Å². The third-order valence-electron chi connectivity index (χ3n) is 4.03. The number of hydrogen-bond acceptors (Lipinski definition) is 4. The molecule has 1 atom stereocenters. The average Bonchev–Trinajstić information content (AvgIpc) is 2.54. The monoisotopic (exact) mass is 309 g/mol. The molecule has 118 valence electrons. The van der Waals surface area contributed by atoms with E-state index in [4.69, 9.17) is 10.5 Å². The van der Waals surface area contributed by atoms with E-state index in [1.165, 1.54) is 0 Å². The van der Waals surface area contributed by atoms with Gasteiger partial charge in [-0.2, -0.15) is 0 Å². The Hall–Kier alpha value is -2.82. The number of carbonyl (C=O) groups is 1. The van der Waals surface area contributed by atoms with Gasteiger partial charge in [0.15, 0.2) is 5.96 Å². The number of nitrogens with zero attached hydrogens (tertiary/aromatic N) is 1. The lowest BCUT2D eigenvalue weighted by atomic mass is 9.86. The number of guanidine groups is 1. The van der Waals surface area contributed by atoms with Crippen LogP contribution in [0.4, 0.5) is 0 Å². The lowest BCUT2D eigenvalue weighted by Gasteiger charge is -2.30. The third-order valence-corrected chi connectivity index (χ3v) is 4.03. The molecule has 23 heavy (non-hydrogen) atoms. The molecule has 0 unspecified atom stereocenters. The number of hydrogen-bond donors (Lipinski definition) is 2. The minimum absolute atomic E-state index is 0.119. The van der Waals surface area contributed by atoms with Crippen molar-refractivity contribution in [2.24, 2.45) is 10.7 Å². The molecule has 0 saturated heterocycles. The molecule has 2 aromatic carbocycles. The zero-order valence-electron chi connectivity index (χ0n) is 13.2. The number of nitrogens with one attached hydrogen (secondary N) is 1. The number of benzene rings is 2. The highest BCUT2D eigenvalue weighted by Gasteiger charge is 2.33. The SMILES string of the molecule is COc1cccc(-c2cccc([C@]3(C)CC(=O)NC(N)=N3)c2)c1. The van der Waals surface area contributed by atoms with Crippen molar-refractivity contribution >= 4 is 11.9 Å². The second-order valence-corrected chi connectivity index (χ2v) is 5.81. The average molecular weight is 309 g/mol. The van der Waals surface area contributed by atoms with E-state index in [1.54, 1.807) is 7.11 Å². The largest absolute Gasteiger partial charge is 0.497 e. The molecule has 1 aliphatic heterocycles. The van der Waals surface area contributed by atoms with Crippen LogP contribution >= 0.6 is 0 Å². The Balaban J connectivity index is 2.03. The summed E-state index contributed by atoms with van der Waals surface area (Å²) in [7, 11) is 1.65. The molecule has 1 amide bonds. The van der Waals surface area contributed by atoms with E-state index in [1.807, 2.05) is 55.5 Å². The van der Waals surface area contributed by atoms with Gasteiger partial charge in [0.2, 0.25) is 5.91 Å². The molecule has 0 spiro atoms. The van der Waals surface area contributed by atoms with Crippen molar-refractivity contribution in [3.63, 3.8) is 0 Å². The van der Waals surface area contributed by atoms with Crippen LogP contribution < -0.4 is 15.8 Å². The number of ether oxygens (including phenoxy) is 1. The van der Waals surface area contributed by atoms with Crippen molar-refractivity contribution in [2.45, 2.75) is 18.9 Å². The van der Waals surface area contributed by atoms with Crippen LogP contribution in [0.2, 0.25) is 0 Å². The third kappa shape index (κ3) is 3.04. The summed E-state index contributed by atoms with van der Waals surface area (Å²) >= 11 is 0. The first-order valence-electron chi connectivity index (χ1n) is 7.40. The maximum Gasteiger partial charge on any atom is 0.229 e. The summed E-state index contributed by atoms with van der Waals surface area (Å²) in [5.41, 5.74) is 8.12. The van der Waals surface area contributed by atoms with E-state index in [2.05, 4.69) is 10.3 Å². The van der Waals surface area contributed by atoms with Crippen molar-refractivity contribution < 1.29 is 9.53 Å². The second-order valence-electron chi connectivity index (χ2n) is 5.81. The van der Waals surface area contributed by atoms with Crippen LogP contribution in [0.15, 0.2) is 53.5 Å². The number of aliphatic imine (C=N–C) groups is 1. The van der Waals surface area contributed by atoms with Crippen molar-refractivity contribution in [2.75, 3.05) is 7.11 Å². The summed E-state index contributed by atoms with van der Waals surface area (Å²) in [6, 6.07) is 15.9. The molecule has 3 N–H and O–H groups in total. The molecule has 3 rings (SSSR count). The van der Waals surface area contributed by atoms with Crippen LogP contribution in [0.1, 0.15) is 18.9 Å². The fourth-order valence-corrected chi connectivity index (χ4v) is 2.84. The summed E-state index contributed by atoms with van der Waals surface area (Å²) in [5.74, 6) is 0.848. The van der Waals surface area contributed by atoms with Gasteiger partial charge < -0.3 is 10.5 Å². The van der Waals surface area contributed by atoms with Crippen LogP contribution in [0.25, 0.3) is 11.1 Å². The number of methoxy groups -OCH3 is 1. The summed E-state index contributed by atoms with van der Waals surface area (Å²) in [5, 5.41) is 2.54. The fourth-order valence-electron chi connectivity index (χ4n) is 2.84. The molecule has 0 saturated carbocycles. The van der Waals surface area contributed by atoms with Crippen LogP contribution in [-0.4, -0.2) is 19.0 Å². The normalized spacial score (nSPS) is 20.6. The maximum atomic E-state index is 11.8. The van der Waals surface area contributed by atoms with E-state index < -0.39 is 5.54 Å². The highest BCUT2D eigenvalue weighted by molar-refractivity contribution is 5.99. The number of nitrogens with two attached hydrogens (primary N) is 1. The molecule has 0 bridgehead atoms. The van der Waals surface area contributed by atoms with Crippen molar-refractivity contribution in [1.29, 1.82) is 0 Å². The van der Waals surface area contributed by atoms with Gasteiger partial charge in [0, 0.05) is 0 Å². The van der Waals surface area contributed by atoms with Gasteiger partial charge in [-0.1, -0.05) is 30.3 Å². The molecule has 0 radical (unpaired) electrons. The lowest BCUT2D eigenvalue weighted by Crippen LogP contribution is -2.46. The molecule has 1 aliphatic rings. The first-order valence-corrected chi connectivity index (χ1v) is 7.40. The van der Waals surface area contributed by atoms with Gasteiger partial charge >= 0.3 is 0 Å². The van der Waals surface area contributed by atoms with Gasteiger partial charge in [-0.25, -0.2) is 4.99 Å². The highest BCUT2D eigenvalue weighted by atomic mass is 16.5. The predicted molar refractivity (Wildman–Crippen MR) is 90.2 cm³/mol. The molecular formula is C18H19N3O2. The Morgan fingerprint density at radius 3 is 2.57 bits per heavy atom. The van der Waals surface area contributed by atoms with Gasteiger partial charge in [0.1, 0.15) is 5.75 Å². The fraction of sp³-hybridized carbons (Fsp3) is 0.222. The quantitative estimate of drug-likeness (QED) is 0.914. The molecular weight excluding hydrogens is 290 g/mol. The van der Waals surface area contributed by atoms with E-state index in [0.717, 1.165) is 22.4 Å². The Kier molecular flexibility index (Phi) is 3.78. The Labute approximate surface area is 135 Å². The standard InChI is InChI=1S/C18H19N3O2/c1-18(11-16(22)20-17(19)21-18)14-7-3-5-12(9-14)13-6-4-8-15(10-13)23-2/h3-10H,11H2,1-2H3,(H3,19,20,21,22)/t18-/m0/s1. The first-order chi connectivity index (χ1) is 11.0. The molecule has 5 nitrogen and oxygen atoms in total. The lowest BCUT2D eigenvalue weighted by molar-refractivity contribution is -0.121. The molecule has 1 heterocycles. The van der Waals surface area contributed by atoms with E-state index in [9.17, 15) is 4.79 Å². The smallest absolute Gasteiger partial charge is 0.229 e. The van der Waals surface area contributed by atoms with Gasteiger partial charge in [0.05, 0.1) is 19.1 Å². The molecule has 0 aromatic heterocycles. The van der Waals surface area contributed by atoms with Gasteiger partial charge in [-0.15, -0.1) is 0 Å². The van der Waals surface area contributed by atoms with Crippen LogP contribution in [-0.2, 0) is 10.3 Å².